The average Bonchev–Trinajstić information content (AvgIpc) is 3.19. The molecule has 2 aliphatic rings. The summed E-state index contributed by atoms with van der Waals surface area (Å²) in [5.41, 5.74) is 1.26. The Balaban J connectivity index is 1.59. The molecule has 2 aromatic rings. The molecule has 1 saturated carbocycles. The first-order chi connectivity index (χ1) is 14.6. The minimum Gasteiger partial charge on any atom is -0.493 e. The van der Waals surface area contributed by atoms with Crippen LogP contribution in [0.2, 0.25) is 0 Å². The van der Waals surface area contributed by atoms with Gasteiger partial charge in [-0.15, -0.1) is 0 Å². The topological polar surface area (TPSA) is 67.9 Å². The largest absolute Gasteiger partial charge is 0.493 e. The first kappa shape index (κ1) is 20.3. The molecular weight excluding hydrogens is 380 g/mol. The molecule has 1 aliphatic carbocycles. The molecule has 0 spiro atoms. The van der Waals surface area contributed by atoms with Crippen LogP contribution < -0.4 is 14.8 Å². The van der Waals surface area contributed by atoms with Crippen LogP contribution in [-0.2, 0) is 4.79 Å². The third-order valence-electron chi connectivity index (χ3n) is 6.30. The maximum Gasteiger partial charge on any atom is 0.254 e. The van der Waals surface area contributed by atoms with E-state index in [0.29, 0.717) is 35.1 Å². The van der Waals surface area contributed by atoms with Crippen LogP contribution in [0.1, 0.15) is 42.5 Å². The second-order valence-electron chi connectivity index (χ2n) is 8.00. The van der Waals surface area contributed by atoms with Crippen LogP contribution in [0.25, 0.3) is 0 Å². The van der Waals surface area contributed by atoms with E-state index < -0.39 is 6.04 Å². The zero-order valence-electron chi connectivity index (χ0n) is 17.5. The van der Waals surface area contributed by atoms with E-state index in [1.165, 1.54) is 6.42 Å². The normalized spacial score (nSPS) is 22.9. The number of ether oxygens (including phenoxy) is 2. The molecule has 1 heterocycles. The van der Waals surface area contributed by atoms with Crippen molar-refractivity contribution in [3.63, 3.8) is 0 Å². The Morgan fingerprint density at radius 1 is 0.967 bits per heavy atom. The molecule has 1 N–H and O–H groups in total. The van der Waals surface area contributed by atoms with Gasteiger partial charge < -0.3 is 19.7 Å². The van der Waals surface area contributed by atoms with Crippen molar-refractivity contribution >= 4 is 17.5 Å². The van der Waals surface area contributed by atoms with Crippen LogP contribution in [0.15, 0.2) is 48.5 Å². The highest BCUT2D eigenvalue weighted by Gasteiger charge is 2.47. The van der Waals surface area contributed by atoms with Gasteiger partial charge in [0.15, 0.2) is 11.5 Å². The first-order valence-electron chi connectivity index (χ1n) is 10.5. The number of anilines is 1. The van der Waals surface area contributed by atoms with Gasteiger partial charge in [0, 0.05) is 23.4 Å². The molecule has 0 radical (unpaired) electrons. The van der Waals surface area contributed by atoms with Gasteiger partial charge in [0.25, 0.3) is 5.91 Å². The summed E-state index contributed by atoms with van der Waals surface area (Å²) in [4.78, 5) is 28.5. The van der Waals surface area contributed by atoms with Crippen LogP contribution in [0.4, 0.5) is 5.69 Å². The number of benzene rings is 2. The number of nitrogens with zero attached hydrogens (tertiary/aromatic N) is 1. The summed E-state index contributed by atoms with van der Waals surface area (Å²) in [5, 5.41) is 2.99. The van der Waals surface area contributed by atoms with Gasteiger partial charge in [-0.05, 0) is 49.4 Å². The Morgan fingerprint density at radius 2 is 1.70 bits per heavy atom. The summed E-state index contributed by atoms with van der Waals surface area (Å²) in [7, 11) is 3.13. The van der Waals surface area contributed by atoms with Crippen molar-refractivity contribution in [2.75, 3.05) is 19.5 Å². The molecule has 6 heteroatoms. The standard InChI is InChI=1S/C24H28N2O4/c1-29-21-13-12-18(15-22(21)30-2)25-23(27)20-14-17-10-6-7-11-19(17)26(20)24(28)16-8-4-3-5-9-16/h3-5,8-9,12-13,15,17,19-20H,6-7,10-11,14H2,1-2H3,(H,25,27)/t17-,19-,20+/m1/s1. The lowest BCUT2D eigenvalue weighted by Gasteiger charge is -2.33. The van der Waals surface area contributed by atoms with Crippen LogP contribution in [0.3, 0.4) is 0 Å². The van der Waals surface area contributed by atoms with Gasteiger partial charge in [-0.1, -0.05) is 31.0 Å². The summed E-state index contributed by atoms with van der Waals surface area (Å²) >= 11 is 0. The van der Waals surface area contributed by atoms with E-state index in [4.69, 9.17) is 9.47 Å². The molecule has 6 nitrogen and oxygen atoms in total. The summed E-state index contributed by atoms with van der Waals surface area (Å²) in [6.07, 6.45) is 5.01. The third kappa shape index (κ3) is 3.86. The number of fused-ring (bicyclic) bond motifs is 1. The van der Waals surface area contributed by atoms with Gasteiger partial charge in [-0.3, -0.25) is 9.59 Å². The zero-order chi connectivity index (χ0) is 21.1. The van der Waals surface area contributed by atoms with Crippen molar-refractivity contribution in [3.8, 4) is 11.5 Å². The molecule has 4 rings (SSSR count). The van der Waals surface area contributed by atoms with E-state index in [-0.39, 0.29) is 17.9 Å². The highest BCUT2D eigenvalue weighted by atomic mass is 16.5. The maximum absolute atomic E-state index is 13.4. The molecule has 3 atom stereocenters. The van der Waals surface area contributed by atoms with E-state index in [0.717, 1.165) is 19.3 Å². The van der Waals surface area contributed by atoms with E-state index in [9.17, 15) is 9.59 Å². The van der Waals surface area contributed by atoms with Crippen LogP contribution in [0.5, 0.6) is 11.5 Å². The third-order valence-corrected chi connectivity index (χ3v) is 6.30. The number of hydrogen-bond donors (Lipinski definition) is 1. The van der Waals surface area contributed by atoms with Gasteiger partial charge in [-0.2, -0.15) is 0 Å². The van der Waals surface area contributed by atoms with Gasteiger partial charge in [-0.25, -0.2) is 0 Å². The van der Waals surface area contributed by atoms with E-state index in [1.807, 2.05) is 35.2 Å². The summed E-state index contributed by atoms with van der Waals surface area (Å²) in [5.74, 6) is 1.32. The van der Waals surface area contributed by atoms with Crippen molar-refractivity contribution in [2.45, 2.75) is 44.2 Å². The van der Waals surface area contributed by atoms with Crippen molar-refractivity contribution < 1.29 is 19.1 Å². The number of rotatable bonds is 5. The Morgan fingerprint density at radius 3 is 2.43 bits per heavy atom. The van der Waals surface area contributed by atoms with Crippen LogP contribution >= 0.6 is 0 Å². The molecule has 0 aromatic heterocycles. The Hall–Kier alpha value is -3.02. The lowest BCUT2D eigenvalue weighted by atomic mass is 9.84. The van der Waals surface area contributed by atoms with Crippen LogP contribution in [-0.4, -0.2) is 43.0 Å². The lowest BCUT2D eigenvalue weighted by molar-refractivity contribution is -0.120. The Labute approximate surface area is 177 Å². The maximum atomic E-state index is 13.4. The number of carbonyl (C=O) groups is 2. The number of likely N-dealkylation sites (tertiary alicyclic amines) is 1. The number of amides is 2. The summed E-state index contributed by atoms with van der Waals surface area (Å²) < 4.78 is 10.6. The smallest absolute Gasteiger partial charge is 0.254 e. The minimum absolute atomic E-state index is 0.0579. The quantitative estimate of drug-likeness (QED) is 0.808. The first-order valence-corrected chi connectivity index (χ1v) is 10.5. The van der Waals surface area contributed by atoms with E-state index in [2.05, 4.69) is 5.32 Å². The zero-order valence-corrected chi connectivity index (χ0v) is 17.5. The van der Waals surface area contributed by atoms with Crippen molar-refractivity contribution in [3.05, 3.63) is 54.1 Å². The predicted octanol–water partition coefficient (Wildman–Crippen LogP) is 4.12. The molecule has 2 amide bonds. The molecule has 2 aromatic carbocycles. The summed E-state index contributed by atoms with van der Waals surface area (Å²) in [6, 6.07) is 14.2. The van der Waals surface area contributed by atoms with Gasteiger partial charge in [0.2, 0.25) is 5.91 Å². The van der Waals surface area contributed by atoms with Crippen molar-refractivity contribution in [1.29, 1.82) is 0 Å². The minimum atomic E-state index is -0.473. The van der Waals surface area contributed by atoms with Gasteiger partial charge in [0.05, 0.1) is 14.2 Å². The molecule has 1 aliphatic heterocycles. The number of methoxy groups -OCH3 is 2. The Kier molecular flexibility index (Phi) is 5.93. The average molecular weight is 408 g/mol. The summed E-state index contributed by atoms with van der Waals surface area (Å²) in [6.45, 7) is 0. The highest BCUT2D eigenvalue weighted by molar-refractivity contribution is 6.02. The fraction of sp³-hybridized carbons (Fsp3) is 0.417. The van der Waals surface area contributed by atoms with E-state index in [1.54, 1.807) is 32.4 Å². The highest BCUT2D eigenvalue weighted by Crippen LogP contribution is 2.41. The second kappa shape index (κ2) is 8.78. The van der Waals surface area contributed by atoms with E-state index >= 15 is 0 Å². The van der Waals surface area contributed by atoms with Gasteiger partial charge >= 0.3 is 0 Å². The predicted molar refractivity (Wildman–Crippen MR) is 115 cm³/mol. The molecule has 2 fully saturated rings. The van der Waals surface area contributed by atoms with Crippen molar-refractivity contribution in [1.82, 2.24) is 4.90 Å². The number of hydrogen-bond acceptors (Lipinski definition) is 4. The lowest BCUT2D eigenvalue weighted by Crippen LogP contribution is -2.47. The SMILES string of the molecule is COc1ccc(NC(=O)[C@@H]2C[C@H]3CCCC[C@H]3N2C(=O)c2ccccc2)cc1OC. The second-order valence-corrected chi connectivity index (χ2v) is 8.00. The Bertz CT molecular complexity index is 915. The molecular formula is C24H28N2O4. The fourth-order valence-electron chi connectivity index (χ4n) is 4.86. The molecule has 0 unspecified atom stereocenters. The number of carbonyl (C=O) groups excluding carboxylic acids is 2. The molecule has 1 saturated heterocycles. The molecule has 158 valence electrons. The van der Waals surface area contributed by atoms with Gasteiger partial charge in [0.1, 0.15) is 6.04 Å². The fourth-order valence-corrected chi connectivity index (χ4v) is 4.86. The number of nitrogens with one attached hydrogen (secondary N) is 1. The molecule has 30 heavy (non-hydrogen) atoms. The van der Waals surface area contributed by atoms with Crippen LogP contribution in [0, 0.1) is 5.92 Å². The molecule has 0 bridgehead atoms. The van der Waals surface area contributed by atoms with Crippen molar-refractivity contribution in [2.24, 2.45) is 5.92 Å². The monoisotopic (exact) mass is 408 g/mol.